The van der Waals surface area contributed by atoms with Crippen molar-refractivity contribution in [3.8, 4) is 0 Å². The van der Waals surface area contributed by atoms with E-state index in [1.165, 1.54) is 0 Å². The second kappa shape index (κ2) is 8.63. The van der Waals surface area contributed by atoms with Crippen molar-refractivity contribution in [2.75, 3.05) is 6.79 Å². The van der Waals surface area contributed by atoms with Crippen LogP contribution >= 0.6 is 7.82 Å². The van der Waals surface area contributed by atoms with Crippen LogP contribution in [0.2, 0.25) is 0 Å². The normalized spacial score (nSPS) is 12.7. The SMILES string of the molecule is CCC(=O)ONC(=O)OCOP(=O)(OC(C)(C)C)OC(C)(C)C. The molecule has 0 aromatic heterocycles. The van der Waals surface area contributed by atoms with Crippen molar-refractivity contribution in [2.24, 2.45) is 0 Å². The van der Waals surface area contributed by atoms with Gasteiger partial charge in [-0.2, -0.15) is 0 Å². The van der Waals surface area contributed by atoms with E-state index in [1.54, 1.807) is 53.9 Å². The molecule has 136 valence electrons. The highest BCUT2D eigenvalue weighted by atomic mass is 31.2. The molecule has 0 atom stereocenters. The van der Waals surface area contributed by atoms with E-state index in [9.17, 15) is 14.2 Å². The minimum atomic E-state index is -3.98. The number of nitrogens with one attached hydrogen (secondary N) is 1. The molecule has 0 aliphatic rings. The van der Waals surface area contributed by atoms with E-state index in [4.69, 9.17) is 13.6 Å². The molecule has 0 radical (unpaired) electrons. The van der Waals surface area contributed by atoms with Crippen molar-refractivity contribution >= 4 is 19.9 Å². The Bertz CT molecular complexity index is 432. The lowest BCUT2D eigenvalue weighted by atomic mass is 10.2. The van der Waals surface area contributed by atoms with Crippen LogP contribution in [0.3, 0.4) is 0 Å². The summed E-state index contributed by atoms with van der Waals surface area (Å²) >= 11 is 0. The summed E-state index contributed by atoms with van der Waals surface area (Å²) in [5.74, 6) is -0.638. The molecule has 0 heterocycles. The largest absolute Gasteiger partial charge is 0.478 e. The summed E-state index contributed by atoms with van der Waals surface area (Å²) in [5, 5.41) is 0. The number of hydroxylamine groups is 1. The van der Waals surface area contributed by atoms with Gasteiger partial charge in [-0.25, -0.2) is 18.7 Å². The van der Waals surface area contributed by atoms with Crippen LogP contribution < -0.4 is 5.48 Å². The van der Waals surface area contributed by atoms with E-state index >= 15 is 0 Å². The lowest BCUT2D eigenvalue weighted by Crippen LogP contribution is -2.29. The standard InChI is InChI=1S/C13H26NO8P/c1-8-10(15)20-14-11(16)18-9-19-23(17,21-12(2,3)4)22-13(5,6)7/h8-9H2,1-7H3,(H,14,16). The molecule has 9 nitrogen and oxygen atoms in total. The number of hydrogen-bond donors (Lipinski definition) is 1. The highest BCUT2D eigenvalue weighted by Gasteiger charge is 2.37. The van der Waals surface area contributed by atoms with E-state index < -0.39 is 37.9 Å². The third kappa shape index (κ3) is 12.0. The second-order valence-corrected chi connectivity index (χ2v) is 7.98. The molecule has 0 unspecified atom stereocenters. The molecule has 0 bridgehead atoms. The van der Waals surface area contributed by atoms with Crippen LogP contribution in [0, 0.1) is 0 Å². The smallest absolute Gasteiger partial charge is 0.420 e. The molecule has 0 rings (SSSR count). The molecule has 0 aliphatic carbocycles. The molecule has 0 aromatic rings. The summed E-state index contributed by atoms with van der Waals surface area (Å²) in [5.41, 5.74) is 0.142. The Kier molecular flexibility index (Phi) is 8.20. The summed E-state index contributed by atoms with van der Waals surface area (Å²) in [7, 11) is -3.98. The van der Waals surface area contributed by atoms with Gasteiger partial charge in [0, 0.05) is 6.42 Å². The van der Waals surface area contributed by atoms with Crippen LogP contribution in [-0.2, 0) is 32.5 Å². The number of rotatable bonds is 6. The van der Waals surface area contributed by atoms with Crippen LogP contribution in [0.4, 0.5) is 4.79 Å². The molecule has 1 N–H and O–H groups in total. The summed E-state index contributed by atoms with van der Waals surface area (Å²) in [6, 6.07) is 0. The van der Waals surface area contributed by atoms with Gasteiger partial charge in [0.1, 0.15) is 0 Å². The first-order chi connectivity index (χ1) is 10.3. The monoisotopic (exact) mass is 355 g/mol. The number of amides is 1. The first-order valence-electron chi connectivity index (χ1n) is 7.05. The van der Waals surface area contributed by atoms with Gasteiger partial charge in [-0.3, -0.25) is 9.05 Å². The van der Waals surface area contributed by atoms with E-state index in [1.807, 2.05) is 0 Å². The first kappa shape index (κ1) is 21.9. The summed E-state index contributed by atoms with van der Waals surface area (Å²) in [6.45, 7) is 10.9. The molecule has 0 spiro atoms. The van der Waals surface area contributed by atoms with Crippen LogP contribution in [0.25, 0.3) is 0 Å². The zero-order chi connectivity index (χ0) is 18.3. The molecule has 0 fully saturated rings. The minimum absolute atomic E-state index is 0.0881. The Morgan fingerprint density at radius 1 is 1.00 bits per heavy atom. The van der Waals surface area contributed by atoms with E-state index in [-0.39, 0.29) is 6.42 Å². The fourth-order valence-electron chi connectivity index (χ4n) is 1.09. The minimum Gasteiger partial charge on any atom is -0.420 e. The number of ether oxygens (including phenoxy) is 1. The molecule has 23 heavy (non-hydrogen) atoms. The summed E-state index contributed by atoms with van der Waals surface area (Å²) < 4.78 is 32.8. The second-order valence-electron chi connectivity index (χ2n) is 6.46. The fourth-order valence-corrected chi connectivity index (χ4v) is 2.75. The quantitative estimate of drug-likeness (QED) is 0.439. The van der Waals surface area contributed by atoms with Gasteiger partial charge in [-0.1, -0.05) is 6.92 Å². The number of carbonyl (C=O) groups excluding carboxylic acids is 2. The fraction of sp³-hybridized carbons (Fsp3) is 0.846. The van der Waals surface area contributed by atoms with Gasteiger partial charge in [0.15, 0.2) is 0 Å². The van der Waals surface area contributed by atoms with Crippen LogP contribution in [0.15, 0.2) is 0 Å². The van der Waals surface area contributed by atoms with Crippen molar-refractivity contribution in [2.45, 2.75) is 66.1 Å². The molecular formula is C13H26NO8P. The first-order valence-corrected chi connectivity index (χ1v) is 8.51. The Balaban J connectivity index is 4.54. The topological polar surface area (TPSA) is 109 Å². The van der Waals surface area contributed by atoms with Gasteiger partial charge in [0.05, 0.1) is 11.2 Å². The average Bonchev–Trinajstić information content (AvgIpc) is 2.30. The third-order valence-corrected chi connectivity index (χ3v) is 3.67. The molecule has 0 saturated heterocycles. The summed E-state index contributed by atoms with van der Waals surface area (Å²) in [6.07, 6.45) is -0.991. The number of phosphoric ester groups is 1. The van der Waals surface area contributed by atoms with Crippen molar-refractivity contribution < 1.29 is 37.3 Å². The zero-order valence-corrected chi connectivity index (χ0v) is 15.5. The molecule has 0 aliphatic heterocycles. The Labute approximate surface area is 136 Å². The maximum Gasteiger partial charge on any atom is 0.478 e. The molecule has 10 heteroatoms. The van der Waals surface area contributed by atoms with Crippen molar-refractivity contribution in [3.05, 3.63) is 0 Å². The molecule has 1 amide bonds. The molecular weight excluding hydrogens is 329 g/mol. The number of hydrogen-bond acceptors (Lipinski definition) is 8. The lowest BCUT2D eigenvalue weighted by Gasteiger charge is -2.30. The highest BCUT2D eigenvalue weighted by Crippen LogP contribution is 2.55. The van der Waals surface area contributed by atoms with Gasteiger partial charge in [0.2, 0.25) is 6.79 Å². The van der Waals surface area contributed by atoms with Gasteiger partial charge in [-0.15, -0.1) is 5.48 Å². The maximum absolute atomic E-state index is 12.6. The van der Waals surface area contributed by atoms with Gasteiger partial charge < -0.3 is 9.57 Å². The number of phosphoric acid groups is 1. The molecule has 0 saturated carbocycles. The average molecular weight is 355 g/mol. The Morgan fingerprint density at radius 3 is 1.87 bits per heavy atom. The van der Waals surface area contributed by atoms with E-state index in [0.717, 1.165) is 0 Å². The van der Waals surface area contributed by atoms with Gasteiger partial charge in [-0.05, 0) is 41.5 Å². The third-order valence-electron chi connectivity index (χ3n) is 1.71. The molecule has 0 aromatic carbocycles. The lowest BCUT2D eigenvalue weighted by molar-refractivity contribution is -0.150. The number of carbonyl (C=O) groups is 2. The van der Waals surface area contributed by atoms with Gasteiger partial charge >= 0.3 is 19.9 Å². The Hall–Kier alpha value is -1.15. The maximum atomic E-state index is 12.6. The van der Waals surface area contributed by atoms with Crippen molar-refractivity contribution in [1.82, 2.24) is 5.48 Å². The highest BCUT2D eigenvalue weighted by molar-refractivity contribution is 7.48. The van der Waals surface area contributed by atoms with Gasteiger partial charge in [0.25, 0.3) is 0 Å². The van der Waals surface area contributed by atoms with Crippen molar-refractivity contribution in [1.29, 1.82) is 0 Å². The van der Waals surface area contributed by atoms with Crippen LogP contribution in [0.5, 0.6) is 0 Å². The van der Waals surface area contributed by atoms with Crippen LogP contribution in [-0.4, -0.2) is 30.1 Å². The van der Waals surface area contributed by atoms with E-state index in [0.29, 0.717) is 0 Å². The van der Waals surface area contributed by atoms with Crippen molar-refractivity contribution in [3.63, 3.8) is 0 Å². The predicted molar refractivity (Wildman–Crippen MR) is 81.2 cm³/mol. The van der Waals surface area contributed by atoms with E-state index in [2.05, 4.69) is 9.57 Å². The zero-order valence-electron chi connectivity index (χ0n) is 14.6. The summed E-state index contributed by atoms with van der Waals surface area (Å²) in [4.78, 5) is 26.5. The predicted octanol–water partition coefficient (Wildman–Crippen LogP) is 3.29. The van der Waals surface area contributed by atoms with Crippen LogP contribution in [0.1, 0.15) is 54.9 Å². The Morgan fingerprint density at radius 2 is 1.48 bits per heavy atom.